The molecule has 1 aliphatic carbocycles. The third-order valence-corrected chi connectivity index (χ3v) is 6.06. The summed E-state index contributed by atoms with van der Waals surface area (Å²) in [7, 11) is 0. The smallest absolute Gasteiger partial charge is 0.249 e. The molecule has 23 heavy (non-hydrogen) atoms. The molecule has 1 atom stereocenters. The molecule has 2 aliphatic heterocycles. The number of piperidine rings is 1. The molecule has 1 amide bonds. The Morgan fingerprint density at radius 2 is 2.17 bits per heavy atom. The lowest BCUT2D eigenvalue weighted by Gasteiger charge is -2.49. The number of allylic oxidation sites excluding steroid dienone is 1. The Bertz CT molecular complexity index is 438. The van der Waals surface area contributed by atoms with Crippen molar-refractivity contribution in [2.45, 2.75) is 51.9 Å². The van der Waals surface area contributed by atoms with E-state index in [1.807, 2.05) is 0 Å². The van der Waals surface area contributed by atoms with E-state index in [9.17, 15) is 4.79 Å². The van der Waals surface area contributed by atoms with Gasteiger partial charge in [0, 0.05) is 37.8 Å². The molecule has 130 valence electrons. The van der Waals surface area contributed by atoms with Gasteiger partial charge < -0.3 is 14.4 Å². The van der Waals surface area contributed by atoms with Crippen LogP contribution in [0.3, 0.4) is 0 Å². The van der Waals surface area contributed by atoms with Crippen LogP contribution in [0.15, 0.2) is 11.6 Å². The van der Waals surface area contributed by atoms with Crippen LogP contribution in [0.1, 0.15) is 51.9 Å². The molecule has 3 rings (SSSR count). The average Bonchev–Trinajstić information content (AvgIpc) is 2.62. The summed E-state index contributed by atoms with van der Waals surface area (Å²) >= 11 is 0. The molecule has 4 nitrogen and oxygen atoms in total. The molecule has 4 heteroatoms. The van der Waals surface area contributed by atoms with Crippen LogP contribution in [-0.2, 0) is 14.3 Å². The first-order valence-electron chi connectivity index (χ1n) is 9.39. The standard InChI is InChI=1S/C19H31NO3/c1-2-22-14-17-15-23-13-10-19(17)8-11-20(12-9-19)18(21)16-6-4-3-5-7-16/h6,17H,2-5,7-15H2,1H3/t17-/m1/s1. The Labute approximate surface area is 140 Å². The van der Waals surface area contributed by atoms with E-state index in [1.165, 1.54) is 12.8 Å². The second-order valence-electron chi connectivity index (χ2n) is 7.31. The van der Waals surface area contributed by atoms with Crippen LogP contribution in [0.5, 0.6) is 0 Å². The highest BCUT2D eigenvalue weighted by Crippen LogP contribution is 2.45. The third kappa shape index (κ3) is 3.80. The molecular formula is C19H31NO3. The van der Waals surface area contributed by atoms with E-state index in [0.29, 0.717) is 17.2 Å². The molecule has 2 fully saturated rings. The normalized spacial score (nSPS) is 27.8. The van der Waals surface area contributed by atoms with Gasteiger partial charge in [0.1, 0.15) is 0 Å². The summed E-state index contributed by atoms with van der Waals surface area (Å²) in [5, 5.41) is 0. The summed E-state index contributed by atoms with van der Waals surface area (Å²) in [5.74, 6) is 0.787. The van der Waals surface area contributed by atoms with Gasteiger partial charge in [0.25, 0.3) is 0 Å². The summed E-state index contributed by atoms with van der Waals surface area (Å²) in [4.78, 5) is 14.8. The van der Waals surface area contributed by atoms with Crippen LogP contribution in [-0.4, -0.2) is 50.3 Å². The maximum absolute atomic E-state index is 12.7. The first-order chi connectivity index (χ1) is 11.2. The highest BCUT2D eigenvalue weighted by atomic mass is 16.5. The van der Waals surface area contributed by atoms with E-state index in [2.05, 4.69) is 17.9 Å². The number of ether oxygens (including phenoxy) is 2. The molecule has 0 N–H and O–H groups in total. The Kier molecular flexibility index (Phi) is 5.76. The highest BCUT2D eigenvalue weighted by Gasteiger charge is 2.44. The predicted molar refractivity (Wildman–Crippen MR) is 90.2 cm³/mol. The van der Waals surface area contributed by atoms with Gasteiger partial charge in [0.05, 0.1) is 13.2 Å². The molecule has 2 heterocycles. The van der Waals surface area contributed by atoms with Crippen molar-refractivity contribution in [2.75, 3.05) is 39.5 Å². The number of likely N-dealkylation sites (tertiary alicyclic amines) is 1. The lowest BCUT2D eigenvalue weighted by molar-refractivity contribution is -0.135. The molecule has 3 aliphatic rings. The lowest BCUT2D eigenvalue weighted by Crippen LogP contribution is -2.50. The summed E-state index contributed by atoms with van der Waals surface area (Å²) < 4.78 is 11.4. The number of carbonyl (C=O) groups is 1. The summed E-state index contributed by atoms with van der Waals surface area (Å²) in [5.41, 5.74) is 1.38. The van der Waals surface area contributed by atoms with Gasteiger partial charge >= 0.3 is 0 Å². The van der Waals surface area contributed by atoms with Crippen molar-refractivity contribution in [1.29, 1.82) is 0 Å². The van der Waals surface area contributed by atoms with Gasteiger partial charge in [-0.1, -0.05) is 6.08 Å². The molecule has 0 bridgehead atoms. The number of hydrogen-bond donors (Lipinski definition) is 0. The van der Waals surface area contributed by atoms with Gasteiger partial charge in [-0.2, -0.15) is 0 Å². The second kappa shape index (κ2) is 7.80. The fourth-order valence-corrected chi connectivity index (χ4v) is 4.42. The first kappa shape index (κ1) is 17.0. The maximum atomic E-state index is 12.7. The van der Waals surface area contributed by atoms with Crippen LogP contribution >= 0.6 is 0 Å². The fraction of sp³-hybridized carbons (Fsp3) is 0.842. The van der Waals surface area contributed by atoms with Crippen LogP contribution in [0.25, 0.3) is 0 Å². The number of hydrogen-bond acceptors (Lipinski definition) is 3. The fourth-order valence-electron chi connectivity index (χ4n) is 4.42. The molecular weight excluding hydrogens is 290 g/mol. The predicted octanol–water partition coefficient (Wildman–Crippen LogP) is 3.17. The van der Waals surface area contributed by atoms with Crippen molar-refractivity contribution in [3.8, 4) is 0 Å². The van der Waals surface area contributed by atoms with E-state index in [0.717, 1.165) is 77.2 Å². The minimum Gasteiger partial charge on any atom is -0.381 e. The van der Waals surface area contributed by atoms with E-state index in [1.54, 1.807) is 0 Å². The Morgan fingerprint density at radius 3 is 2.87 bits per heavy atom. The van der Waals surface area contributed by atoms with Crippen LogP contribution in [0, 0.1) is 11.3 Å². The van der Waals surface area contributed by atoms with Crippen molar-refractivity contribution in [3.63, 3.8) is 0 Å². The number of carbonyl (C=O) groups excluding carboxylic acids is 1. The van der Waals surface area contributed by atoms with Crippen molar-refractivity contribution < 1.29 is 14.3 Å². The summed E-state index contributed by atoms with van der Waals surface area (Å²) in [6.07, 6.45) is 9.95. The maximum Gasteiger partial charge on any atom is 0.249 e. The lowest BCUT2D eigenvalue weighted by atomic mass is 9.66. The number of nitrogens with zero attached hydrogens (tertiary/aromatic N) is 1. The zero-order chi connectivity index (χ0) is 16.1. The molecule has 0 saturated carbocycles. The van der Waals surface area contributed by atoms with Crippen molar-refractivity contribution >= 4 is 5.91 Å². The van der Waals surface area contributed by atoms with Crippen LogP contribution < -0.4 is 0 Å². The minimum atomic E-state index is 0.299. The molecule has 2 saturated heterocycles. The Hall–Kier alpha value is -0.870. The second-order valence-corrected chi connectivity index (χ2v) is 7.31. The Morgan fingerprint density at radius 1 is 1.35 bits per heavy atom. The van der Waals surface area contributed by atoms with Crippen molar-refractivity contribution in [1.82, 2.24) is 4.90 Å². The number of rotatable bonds is 4. The van der Waals surface area contributed by atoms with Gasteiger partial charge in [0.2, 0.25) is 5.91 Å². The summed E-state index contributed by atoms with van der Waals surface area (Å²) in [6, 6.07) is 0. The van der Waals surface area contributed by atoms with Crippen LogP contribution in [0.4, 0.5) is 0 Å². The van der Waals surface area contributed by atoms with Crippen molar-refractivity contribution in [2.24, 2.45) is 11.3 Å². The SMILES string of the molecule is CCOC[C@@H]1COCCC12CCN(C(=O)C1=CCCCC1)CC2. The molecule has 0 aromatic rings. The monoisotopic (exact) mass is 321 g/mol. The van der Waals surface area contributed by atoms with Crippen molar-refractivity contribution in [3.05, 3.63) is 11.6 Å². The van der Waals surface area contributed by atoms with Gasteiger partial charge in [-0.15, -0.1) is 0 Å². The van der Waals surface area contributed by atoms with E-state index in [-0.39, 0.29) is 0 Å². The van der Waals surface area contributed by atoms with Gasteiger partial charge in [0.15, 0.2) is 0 Å². The molecule has 0 radical (unpaired) electrons. The molecule has 0 unspecified atom stereocenters. The van der Waals surface area contributed by atoms with E-state index >= 15 is 0 Å². The first-order valence-corrected chi connectivity index (χ1v) is 9.39. The van der Waals surface area contributed by atoms with Gasteiger partial charge in [-0.05, 0) is 57.3 Å². The number of amides is 1. The zero-order valence-electron chi connectivity index (χ0n) is 14.5. The topological polar surface area (TPSA) is 38.8 Å². The molecule has 0 aromatic carbocycles. The van der Waals surface area contributed by atoms with E-state index in [4.69, 9.17) is 9.47 Å². The van der Waals surface area contributed by atoms with Crippen LogP contribution in [0.2, 0.25) is 0 Å². The minimum absolute atomic E-state index is 0.299. The van der Waals surface area contributed by atoms with Gasteiger partial charge in [-0.25, -0.2) is 0 Å². The highest BCUT2D eigenvalue weighted by molar-refractivity contribution is 5.93. The zero-order valence-corrected chi connectivity index (χ0v) is 14.5. The average molecular weight is 321 g/mol. The largest absolute Gasteiger partial charge is 0.381 e. The molecule has 1 spiro atoms. The van der Waals surface area contributed by atoms with Gasteiger partial charge in [-0.3, -0.25) is 4.79 Å². The Balaban J connectivity index is 1.59. The molecule has 0 aromatic heterocycles. The van der Waals surface area contributed by atoms with E-state index < -0.39 is 0 Å². The summed E-state index contributed by atoms with van der Waals surface area (Å²) in [6.45, 7) is 7.11. The third-order valence-electron chi connectivity index (χ3n) is 6.06. The quantitative estimate of drug-likeness (QED) is 0.798.